The van der Waals surface area contributed by atoms with Crippen LogP contribution in [0.25, 0.3) is 0 Å². The number of nitrogens with one attached hydrogen (secondary N) is 1. The molecular formula is C10H17N3O4S2. The lowest BCUT2D eigenvalue weighted by Crippen LogP contribution is -2.27. The summed E-state index contributed by atoms with van der Waals surface area (Å²) < 4.78 is 47.5. The molecule has 1 rings (SSSR count). The second-order valence-corrected chi connectivity index (χ2v) is 7.64. The molecule has 0 aromatic heterocycles. The van der Waals surface area contributed by atoms with Gasteiger partial charge in [0.25, 0.3) is 0 Å². The van der Waals surface area contributed by atoms with Gasteiger partial charge in [0.15, 0.2) is 0 Å². The number of aryl methyl sites for hydroxylation is 1. The van der Waals surface area contributed by atoms with Gasteiger partial charge in [-0.1, -0.05) is 0 Å². The summed E-state index contributed by atoms with van der Waals surface area (Å²) >= 11 is 0. The number of hydrogen-bond donors (Lipinski definition) is 3. The van der Waals surface area contributed by atoms with Gasteiger partial charge in [-0.05, 0) is 37.1 Å². The van der Waals surface area contributed by atoms with Crippen LogP contribution in [-0.4, -0.2) is 29.1 Å². The third-order valence-corrected chi connectivity index (χ3v) is 4.77. The standard InChI is InChI=1S/C10H17N3O4S2/c1-8-7-9(3-4-10(8)11)19(16,17)13-5-2-6-18(12,14)15/h3-4,7,13H,2,5-6,11H2,1H3,(H2,12,14,15). The highest BCUT2D eigenvalue weighted by atomic mass is 32.2. The molecule has 0 bridgehead atoms. The summed E-state index contributed by atoms with van der Waals surface area (Å²) in [6.07, 6.45) is 0.117. The quantitative estimate of drug-likeness (QED) is 0.483. The molecule has 0 aliphatic carbocycles. The Morgan fingerprint density at radius 1 is 1.21 bits per heavy atom. The summed E-state index contributed by atoms with van der Waals surface area (Å²) in [5.41, 5.74) is 6.77. The summed E-state index contributed by atoms with van der Waals surface area (Å²) in [5.74, 6) is -0.268. The maximum atomic E-state index is 11.9. The van der Waals surface area contributed by atoms with Crippen LogP contribution in [0.4, 0.5) is 5.69 Å². The largest absolute Gasteiger partial charge is 0.399 e. The molecule has 1 aromatic carbocycles. The average molecular weight is 307 g/mol. The van der Waals surface area contributed by atoms with Crippen molar-refractivity contribution < 1.29 is 16.8 Å². The fraction of sp³-hybridized carbons (Fsp3) is 0.400. The number of nitrogens with two attached hydrogens (primary N) is 2. The van der Waals surface area contributed by atoms with Gasteiger partial charge in [-0.15, -0.1) is 0 Å². The lowest BCUT2D eigenvalue weighted by molar-refractivity contribution is 0.576. The van der Waals surface area contributed by atoms with Crippen LogP contribution in [0.2, 0.25) is 0 Å². The molecule has 0 aliphatic rings. The minimum Gasteiger partial charge on any atom is -0.399 e. The van der Waals surface area contributed by atoms with Crippen molar-refractivity contribution in [3.8, 4) is 0 Å². The van der Waals surface area contributed by atoms with Gasteiger partial charge in [0, 0.05) is 12.2 Å². The third kappa shape index (κ3) is 5.15. The first-order valence-corrected chi connectivity index (χ1v) is 8.68. The zero-order valence-electron chi connectivity index (χ0n) is 10.5. The third-order valence-electron chi connectivity index (χ3n) is 2.45. The predicted octanol–water partition coefficient (Wildman–Crippen LogP) is -0.466. The van der Waals surface area contributed by atoms with Crippen LogP contribution in [0.5, 0.6) is 0 Å². The van der Waals surface area contributed by atoms with E-state index in [-0.39, 0.29) is 23.6 Å². The minimum atomic E-state index is -3.66. The molecule has 0 unspecified atom stereocenters. The van der Waals surface area contributed by atoms with Crippen LogP contribution in [0.3, 0.4) is 0 Å². The van der Waals surface area contributed by atoms with Crippen LogP contribution in [0.15, 0.2) is 23.1 Å². The van der Waals surface area contributed by atoms with Gasteiger partial charge in [-0.2, -0.15) is 0 Å². The normalized spacial score (nSPS) is 12.5. The SMILES string of the molecule is Cc1cc(S(=O)(=O)NCCCS(N)(=O)=O)ccc1N. The first-order chi connectivity index (χ1) is 8.62. The summed E-state index contributed by atoms with van der Waals surface area (Å²) in [4.78, 5) is 0.0924. The molecule has 1 aromatic rings. The molecule has 108 valence electrons. The van der Waals surface area contributed by atoms with E-state index in [1.807, 2.05) is 0 Å². The topological polar surface area (TPSA) is 132 Å². The van der Waals surface area contributed by atoms with Crippen molar-refractivity contribution in [2.24, 2.45) is 5.14 Å². The van der Waals surface area contributed by atoms with Crippen molar-refractivity contribution >= 4 is 25.7 Å². The van der Waals surface area contributed by atoms with E-state index in [4.69, 9.17) is 10.9 Å². The number of anilines is 1. The van der Waals surface area contributed by atoms with Crippen molar-refractivity contribution in [2.45, 2.75) is 18.2 Å². The zero-order valence-corrected chi connectivity index (χ0v) is 12.1. The van der Waals surface area contributed by atoms with E-state index in [2.05, 4.69) is 4.72 Å². The van der Waals surface area contributed by atoms with Gasteiger partial charge >= 0.3 is 0 Å². The molecule has 7 nitrogen and oxygen atoms in total. The molecule has 5 N–H and O–H groups in total. The van der Waals surface area contributed by atoms with E-state index in [0.717, 1.165) is 0 Å². The molecule has 0 heterocycles. The van der Waals surface area contributed by atoms with Gasteiger partial charge in [0.05, 0.1) is 10.6 Å². The number of primary sulfonamides is 1. The summed E-state index contributed by atoms with van der Waals surface area (Å²) in [7, 11) is -7.23. The minimum absolute atomic E-state index is 0.00217. The smallest absolute Gasteiger partial charge is 0.240 e. The van der Waals surface area contributed by atoms with Crippen molar-refractivity contribution in [1.29, 1.82) is 0 Å². The Balaban J connectivity index is 2.68. The van der Waals surface area contributed by atoms with Crippen molar-refractivity contribution in [3.05, 3.63) is 23.8 Å². The van der Waals surface area contributed by atoms with Crippen LogP contribution in [-0.2, 0) is 20.0 Å². The van der Waals surface area contributed by atoms with E-state index in [1.165, 1.54) is 18.2 Å². The van der Waals surface area contributed by atoms with Gasteiger partial charge < -0.3 is 5.73 Å². The molecule has 9 heteroatoms. The zero-order chi connectivity index (χ0) is 14.7. The van der Waals surface area contributed by atoms with Crippen LogP contribution >= 0.6 is 0 Å². The molecule has 0 saturated carbocycles. The highest BCUT2D eigenvalue weighted by Crippen LogP contribution is 2.16. The number of nitrogen functional groups attached to an aromatic ring is 1. The maximum absolute atomic E-state index is 11.9. The Hall–Kier alpha value is -1.16. The lowest BCUT2D eigenvalue weighted by atomic mass is 10.2. The Labute approximate surface area is 113 Å². The highest BCUT2D eigenvalue weighted by molar-refractivity contribution is 7.89. The fourth-order valence-corrected chi connectivity index (χ4v) is 3.08. The van der Waals surface area contributed by atoms with Gasteiger partial charge in [0.1, 0.15) is 0 Å². The monoisotopic (exact) mass is 307 g/mol. The summed E-state index contributed by atoms with van der Waals surface area (Å²) in [5, 5.41) is 4.81. The molecule has 0 saturated heterocycles. The predicted molar refractivity (Wildman–Crippen MR) is 73.4 cm³/mol. The molecule has 19 heavy (non-hydrogen) atoms. The Bertz CT molecular complexity index is 653. The second-order valence-electron chi connectivity index (χ2n) is 4.14. The summed E-state index contributed by atoms with van der Waals surface area (Å²) in [6, 6.07) is 4.36. The molecule has 0 fully saturated rings. The Kier molecular flexibility index (Phi) is 4.91. The number of benzene rings is 1. The van der Waals surface area contributed by atoms with Gasteiger partial charge in [0.2, 0.25) is 20.0 Å². The number of sulfonamides is 2. The fourth-order valence-electron chi connectivity index (χ4n) is 1.38. The first-order valence-electron chi connectivity index (χ1n) is 5.48. The number of hydrogen-bond acceptors (Lipinski definition) is 5. The Morgan fingerprint density at radius 2 is 1.84 bits per heavy atom. The summed E-state index contributed by atoms with van der Waals surface area (Å²) in [6.45, 7) is 1.71. The van der Waals surface area contributed by atoms with Crippen molar-refractivity contribution in [2.75, 3.05) is 18.0 Å². The Morgan fingerprint density at radius 3 is 2.37 bits per heavy atom. The lowest BCUT2D eigenvalue weighted by Gasteiger charge is -2.08. The van der Waals surface area contributed by atoms with E-state index in [1.54, 1.807) is 6.92 Å². The average Bonchev–Trinajstić information content (AvgIpc) is 2.27. The second kappa shape index (κ2) is 5.87. The molecule has 0 radical (unpaired) electrons. The van der Waals surface area contributed by atoms with E-state index in [9.17, 15) is 16.8 Å². The molecule has 0 atom stereocenters. The van der Waals surface area contributed by atoms with Gasteiger partial charge in [-0.25, -0.2) is 26.7 Å². The highest BCUT2D eigenvalue weighted by Gasteiger charge is 2.14. The van der Waals surface area contributed by atoms with E-state index >= 15 is 0 Å². The first kappa shape index (κ1) is 15.9. The van der Waals surface area contributed by atoms with Gasteiger partial charge in [-0.3, -0.25) is 0 Å². The van der Waals surface area contributed by atoms with Crippen molar-refractivity contribution in [1.82, 2.24) is 4.72 Å². The molecule has 0 aliphatic heterocycles. The molecule has 0 amide bonds. The maximum Gasteiger partial charge on any atom is 0.240 e. The number of rotatable bonds is 6. The van der Waals surface area contributed by atoms with E-state index in [0.29, 0.717) is 11.3 Å². The molecular weight excluding hydrogens is 290 g/mol. The van der Waals surface area contributed by atoms with Crippen LogP contribution in [0, 0.1) is 6.92 Å². The van der Waals surface area contributed by atoms with Crippen LogP contribution < -0.4 is 15.6 Å². The van der Waals surface area contributed by atoms with E-state index < -0.39 is 20.0 Å². The van der Waals surface area contributed by atoms with Crippen molar-refractivity contribution in [3.63, 3.8) is 0 Å². The van der Waals surface area contributed by atoms with Crippen LogP contribution in [0.1, 0.15) is 12.0 Å². The molecule has 0 spiro atoms.